The molecule has 41 heavy (non-hydrogen) atoms. The zero-order chi connectivity index (χ0) is 28.3. The Hall–Kier alpha value is -4.05. The SMILES string of the molecule is CCOC(=O)c1cn(-c2ccc(-c3cc4ncccn4n3)cc2)nc1N(C(=O)[C@H]1CC[C@H](C)CC1)C1CCOCC1. The van der Waals surface area contributed by atoms with Crippen molar-refractivity contribution < 1.29 is 19.1 Å². The summed E-state index contributed by atoms with van der Waals surface area (Å²) in [6.45, 7) is 5.41. The third-order valence-electron chi connectivity index (χ3n) is 8.24. The average molecular weight is 557 g/mol. The predicted molar refractivity (Wildman–Crippen MR) is 154 cm³/mol. The smallest absolute Gasteiger partial charge is 0.343 e. The summed E-state index contributed by atoms with van der Waals surface area (Å²) in [5.41, 5.74) is 3.57. The van der Waals surface area contributed by atoms with Crippen LogP contribution in [0.2, 0.25) is 0 Å². The van der Waals surface area contributed by atoms with E-state index in [9.17, 15) is 9.59 Å². The van der Waals surface area contributed by atoms with Crippen LogP contribution in [0.4, 0.5) is 5.82 Å². The average Bonchev–Trinajstić information content (AvgIpc) is 3.64. The minimum Gasteiger partial charge on any atom is -0.462 e. The Morgan fingerprint density at radius 1 is 1.05 bits per heavy atom. The van der Waals surface area contributed by atoms with E-state index >= 15 is 0 Å². The first-order valence-corrected chi connectivity index (χ1v) is 14.6. The van der Waals surface area contributed by atoms with E-state index in [1.807, 2.05) is 42.6 Å². The lowest BCUT2D eigenvalue weighted by atomic mass is 9.82. The molecule has 214 valence electrons. The zero-order valence-electron chi connectivity index (χ0n) is 23.6. The number of anilines is 1. The number of benzene rings is 1. The fraction of sp³-hybridized carbons (Fsp3) is 0.452. The summed E-state index contributed by atoms with van der Waals surface area (Å²) in [5.74, 6) is 0.493. The molecule has 1 saturated heterocycles. The molecule has 2 fully saturated rings. The second-order valence-corrected chi connectivity index (χ2v) is 11.0. The molecule has 2 aliphatic rings. The molecule has 1 aromatic carbocycles. The third kappa shape index (κ3) is 5.61. The second-order valence-electron chi connectivity index (χ2n) is 11.0. The van der Waals surface area contributed by atoms with Gasteiger partial charge in [0.1, 0.15) is 5.56 Å². The number of carbonyl (C=O) groups is 2. The zero-order valence-corrected chi connectivity index (χ0v) is 23.6. The molecule has 0 bridgehead atoms. The van der Waals surface area contributed by atoms with Gasteiger partial charge in [0.15, 0.2) is 11.5 Å². The number of nitrogens with zero attached hydrogens (tertiary/aromatic N) is 6. The van der Waals surface area contributed by atoms with Crippen molar-refractivity contribution in [3.63, 3.8) is 0 Å². The Morgan fingerprint density at radius 2 is 1.80 bits per heavy atom. The van der Waals surface area contributed by atoms with Gasteiger partial charge in [-0.3, -0.25) is 9.69 Å². The van der Waals surface area contributed by atoms with E-state index in [0.29, 0.717) is 43.4 Å². The van der Waals surface area contributed by atoms with Crippen LogP contribution in [0.1, 0.15) is 62.7 Å². The minimum atomic E-state index is -0.482. The van der Waals surface area contributed by atoms with E-state index in [1.165, 1.54) is 0 Å². The number of ether oxygens (including phenoxy) is 2. The van der Waals surface area contributed by atoms with E-state index in [0.717, 1.165) is 48.3 Å². The Bertz CT molecular complexity index is 1480. The van der Waals surface area contributed by atoms with Gasteiger partial charge in [0, 0.05) is 55.4 Å². The van der Waals surface area contributed by atoms with Crippen LogP contribution >= 0.6 is 0 Å². The highest BCUT2D eigenvalue weighted by Gasteiger charge is 2.37. The number of esters is 1. The van der Waals surface area contributed by atoms with Gasteiger partial charge in [0.2, 0.25) is 5.91 Å². The molecule has 10 nitrogen and oxygen atoms in total. The van der Waals surface area contributed by atoms with Crippen molar-refractivity contribution in [3.05, 3.63) is 60.6 Å². The molecule has 1 aliphatic carbocycles. The summed E-state index contributed by atoms with van der Waals surface area (Å²) in [6, 6.07) is 11.5. The molecule has 0 N–H and O–H groups in total. The number of aromatic nitrogens is 5. The van der Waals surface area contributed by atoms with Crippen molar-refractivity contribution in [1.82, 2.24) is 24.4 Å². The molecule has 0 unspecified atom stereocenters. The van der Waals surface area contributed by atoms with Crippen LogP contribution in [-0.2, 0) is 14.3 Å². The number of fused-ring (bicyclic) bond motifs is 1. The van der Waals surface area contributed by atoms with E-state index in [-0.39, 0.29) is 24.5 Å². The number of hydrogen-bond donors (Lipinski definition) is 0. The molecule has 4 heterocycles. The van der Waals surface area contributed by atoms with E-state index in [2.05, 4.69) is 17.0 Å². The van der Waals surface area contributed by atoms with Crippen LogP contribution in [0.15, 0.2) is 55.0 Å². The monoisotopic (exact) mass is 556 g/mol. The largest absolute Gasteiger partial charge is 0.462 e. The van der Waals surface area contributed by atoms with Crippen LogP contribution in [0, 0.1) is 11.8 Å². The predicted octanol–water partition coefficient (Wildman–Crippen LogP) is 5.10. The summed E-state index contributed by atoms with van der Waals surface area (Å²) in [5, 5.41) is 9.48. The van der Waals surface area contributed by atoms with Gasteiger partial charge in [-0.05, 0) is 69.6 Å². The van der Waals surface area contributed by atoms with Gasteiger partial charge in [0.05, 0.1) is 18.0 Å². The molecule has 0 radical (unpaired) electrons. The molecule has 1 amide bonds. The maximum atomic E-state index is 14.1. The summed E-state index contributed by atoms with van der Waals surface area (Å²) in [4.78, 5) is 33.5. The molecule has 0 atom stereocenters. The van der Waals surface area contributed by atoms with Gasteiger partial charge in [-0.1, -0.05) is 19.1 Å². The molecule has 0 spiro atoms. The van der Waals surface area contributed by atoms with Crippen molar-refractivity contribution >= 4 is 23.3 Å². The Labute approximate surface area is 239 Å². The van der Waals surface area contributed by atoms with Crippen molar-refractivity contribution in [1.29, 1.82) is 0 Å². The van der Waals surface area contributed by atoms with Crippen LogP contribution in [-0.4, -0.2) is 62.1 Å². The highest BCUT2D eigenvalue weighted by molar-refractivity contribution is 6.02. The van der Waals surface area contributed by atoms with Crippen molar-refractivity contribution in [2.24, 2.45) is 11.8 Å². The van der Waals surface area contributed by atoms with Crippen molar-refractivity contribution in [3.8, 4) is 16.9 Å². The topological polar surface area (TPSA) is 104 Å². The maximum Gasteiger partial charge on any atom is 0.343 e. The number of amides is 1. The summed E-state index contributed by atoms with van der Waals surface area (Å²) >= 11 is 0. The summed E-state index contributed by atoms with van der Waals surface area (Å²) < 4.78 is 14.5. The molecule has 1 saturated carbocycles. The normalized spacial score (nSPS) is 19.8. The Kier molecular flexibility index (Phi) is 7.82. The number of rotatable bonds is 7. The highest BCUT2D eigenvalue weighted by atomic mass is 16.5. The quantitative estimate of drug-likeness (QED) is 0.292. The lowest BCUT2D eigenvalue weighted by Gasteiger charge is -2.37. The lowest BCUT2D eigenvalue weighted by molar-refractivity contribution is -0.124. The van der Waals surface area contributed by atoms with Gasteiger partial charge >= 0.3 is 5.97 Å². The van der Waals surface area contributed by atoms with Gasteiger partial charge in [0.25, 0.3) is 0 Å². The molecule has 1 aliphatic heterocycles. The molecular weight excluding hydrogens is 520 g/mol. The molecule has 4 aromatic rings. The minimum absolute atomic E-state index is 0.0513. The van der Waals surface area contributed by atoms with E-state index in [1.54, 1.807) is 33.4 Å². The Balaban J connectivity index is 1.36. The maximum absolute atomic E-state index is 14.1. The first-order chi connectivity index (χ1) is 20.0. The number of hydrogen-bond acceptors (Lipinski definition) is 7. The Morgan fingerprint density at radius 3 is 2.51 bits per heavy atom. The van der Waals surface area contributed by atoms with E-state index < -0.39 is 5.97 Å². The first-order valence-electron chi connectivity index (χ1n) is 14.6. The molecule has 3 aromatic heterocycles. The van der Waals surface area contributed by atoms with Gasteiger partial charge in [-0.15, -0.1) is 5.10 Å². The van der Waals surface area contributed by atoms with Crippen LogP contribution < -0.4 is 4.90 Å². The fourth-order valence-corrected chi connectivity index (χ4v) is 5.89. The highest BCUT2D eigenvalue weighted by Crippen LogP contribution is 2.34. The standard InChI is InChI=1S/C31H36N6O4/c1-3-41-31(39)26-20-36(24-11-9-22(10-12-24)27-19-28-32-15-4-16-35(28)33-27)34-29(26)37(25-13-17-40-18-14-25)30(38)23-7-5-21(2)6-8-23/h4,9-12,15-16,19-21,23,25H,3,5-8,13-14,17-18H2,1-2H3/t21-,23-. The molecular formula is C31H36N6O4. The van der Waals surface area contributed by atoms with Crippen LogP contribution in [0.5, 0.6) is 0 Å². The fourth-order valence-electron chi connectivity index (χ4n) is 5.89. The van der Waals surface area contributed by atoms with Crippen molar-refractivity contribution in [2.45, 2.75) is 58.4 Å². The second kappa shape index (κ2) is 11.8. The van der Waals surface area contributed by atoms with Gasteiger partial charge in [-0.25, -0.2) is 19.0 Å². The van der Waals surface area contributed by atoms with Gasteiger partial charge < -0.3 is 9.47 Å². The summed E-state index contributed by atoms with van der Waals surface area (Å²) in [7, 11) is 0. The van der Waals surface area contributed by atoms with Crippen LogP contribution in [0.3, 0.4) is 0 Å². The first kappa shape index (κ1) is 27.1. The lowest BCUT2D eigenvalue weighted by Crippen LogP contribution is -2.47. The van der Waals surface area contributed by atoms with E-state index in [4.69, 9.17) is 14.6 Å². The van der Waals surface area contributed by atoms with Gasteiger partial charge in [-0.2, -0.15) is 5.10 Å². The molecule has 10 heteroatoms. The molecule has 6 rings (SSSR count). The van der Waals surface area contributed by atoms with Crippen molar-refractivity contribution in [2.75, 3.05) is 24.7 Å². The van der Waals surface area contributed by atoms with Crippen LogP contribution in [0.25, 0.3) is 22.6 Å². The summed E-state index contributed by atoms with van der Waals surface area (Å²) in [6.07, 6.45) is 10.5. The number of carbonyl (C=O) groups excluding carboxylic acids is 2. The third-order valence-corrected chi connectivity index (χ3v) is 8.24.